The van der Waals surface area contributed by atoms with Gasteiger partial charge in [-0.25, -0.2) is 0 Å². The molecular formula is C13H16ClNO3S. The van der Waals surface area contributed by atoms with E-state index in [1.54, 1.807) is 11.3 Å². The third-order valence-electron chi connectivity index (χ3n) is 3.13. The fourth-order valence-electron chi connectivity index (χ4n) is 1.76. The minimum atomic E-state index is -1.08. The molecule has 2 rings (SSSR count). The minimum Gasteiger partial charge on any atom is -0.394 e. The van der Waals surface area contributed by atoms with Crippen molar-refractivity contribution in [2.75, 3.05) is 19.8 Å². The highest BCUT2D eigenvalue weighted by Crippen LogP contribution is 2.35. The van der Waals surface area contributed by atoms with Gasteiger partial charge in [0.05, 0.1) is 30.4 Å². The number of aliphatic hydroxyl groups is 3. The van der Waals surface area contributed by atoms with Crippen molar-refractivity contribution in [3.05, 3.63) is 34.2 Å². The van der Waals surface area contributed by atoms with Gasteiger partial charge >= 0.3 is 0 Å². The van der Waals surface area contributed by atoms with Crippen molar-refractivity contribution in [3.63, 3.8) is 0 Å². The summed E-state index contributed by atoms with van der Waals surface area (Å²) in [5.74, 6) is 0. The van der Waals surface area contributed by atoms with Crippen LogP contribution in [0, 0.1) is 0 Å². The summed E-state index contributed by atoms with van der Waals surface area (Å²) in [6, 6.07) is 7.82. The summed E-state index contributed by atoms with van der Waals surface area (Å²) in [6.45, 7) is -0.645. The molecular weight excluding hydrogens is 286 g/mol. The molecule has 4 N–H and O–H groups in total. The zero-order valence-corrected chi connectivity index (χ0v) is 11.8. The topological polar surface area (TPSA) is 72.7 Å². The van der Waals surface area contributed by atoms with Crippen molar-refractivity contribution in [2.24, 2.45) is 0 Å². The van der Waals surface area contributed by atoms with Gasteiger partial charge in [0.2, 0.25) is 0 Å². The first-order chi connectivity index (χ1) is 9.15. The fourth-order valence-corrected chi connectivity index (χ4v) is 3.20. The molecule has 0 amide bonds. The van der Waals surface area contributed by atoms with Gasteiger partial charge < -0.3 is 20.6 Å². The van der Waals surface area contributed by atoms with E-state index in [-0.39, 0.29) is 19.8 Å². The Morgan fingerprint density at radius 2 is 1.74 bits per heavy atom. The largest absolute Gasteiger partial charge is 0.394 e. The number of hydrogen-bond donors (Lipinski definition) is 4. The van der Waals surface area contributed by atoms with Crippen LogP contribution >= 0.6 is 22.9 Å². The molecule has 4 nitrogen and oxygen atoms in total. The molecule has 0 bridgehead atoms. The van der Waals surface area contributed by atoms with Crippen molar-refractivity contribution in [3.8, 4) is 0 Å². The number of rotatable bonds is 6. The Morgan fingerprint density at radius 3 is 2.32 bits per heavy atom. The first kappa shape index (κ1) is 14.7. The Kier molecular flexibility index (Phi) is 4.78. The number of thiophene rings is 1. The van der Waals surface area contributed by atoms with Crippen molar-refractivity contribution < 1.29 is 15.3 Å². The molecule has 6 heteroatoms. The van der Waals surface area contributed by atoms with Crippen molar-refractivity contribution in [1.29, 1.82) is 0 Å². The second kappa shape index (κ2) is 6.17. The zero-order chi connectivity index (χ0) is 13.9. The molecule has 0 unspecified atom stereocenters. The Balaban J connectivity index is 2.20. The number of benzene rings is 1. The van der Waals surface area contributed by atoms with Crippen LogP contribution in [-0.2, 0) is 6.54 Å². The highest BCUT2D eigenvalue weighted by Gasteiger charge is 2.27. The van der Waals surface area contributed by atoms with E-state index in [0.717, 1.165) is 15.0 Å². The molecule has 0 aliphatic carbocycles. The molecule has 0 saturated heterocycles. The Labute approximate surface area is 120 Å². The molecule has 1 aromatic heterocycles. The molecule has 1 heterocycles. The fraction of sp³-hybridized carbons (Fsp3) is 0.385. The van der Waals surface area contributed by atoms with E-state index in [4.69, 9.17) is 11.6 Å². The predicted molar refractivity (Wildman–Crippen MR) is 77.7 cm³/mol. The highest BCUT2D eigenvalue weighted by molar-refractivity contribution is 7.19. The highest BCUT2D eigenvalue weighted by atomic mass is 35.5. The molecule has 0 saturated carbocycles. The van der Waals surface area contributed by atoms with Crippen LogP contribution in [0.25, 0.3) is 10.1 Å². The van der Waals surface area contributed by atoms with Gasteiger partial charge in [-0.15, -0.1) is 11.3 Å². The van der Waals surface area contributed by atoms with Crippen LogP contribution in [0.4, 0.5) is 0 Å². The summed E-state index contributed by atoms with van der Waals surface area (Å²) < 4.78 is 1.09. The smallest absolute Gasteiger partial charge is 0.0884 e. The second-order valence-corrected chi connectivity index (χ2v) is 5.96. The summed E-state index contributed by atoms with van der Waals surface area (Å²) >= 11 is 7.86. The molecule has 0 aliphatic heterocycles. The van der Waals surface area contributed by atoms with E-state index in [0.29, 0.717) is 11.6 Å². The molecule has 19 heavy (non-hydrogen) atoms. The maximum absolute atomic E-state index is 9.25. The molecule has 0 fully saturated rings. The maximum atomic E-state index is 9.25. The average Bonchev–Trinajstić information content (AvgIpc) is 2.78. The van der Waals surface area contributed by atoms with Gasteiger partial charge in [-0.1, -0.05) is 29.8 Å². The van der Waals surface area contributed by atoms with Gasteiger partial charge in [-0.2, -0.15) is 0 Å². The molecule has 0 atom stereocenters. The van der Waals surface area contributed by atoms with Crippen LogP contribution < -0.4 is 5.32 Å². The van der Waals surface area contributed by atoms with Crippen LogP contribution in [0.2, 0.25) is 5.02 Å². The minimum absolute atomic E-state index is 0.345. The van der Waals surface area contributed by atoms with Gasteiger partial charge in [0.1, 0.15) is 0 Å². The lowest BCUT2D eigenvalue weighted by Gasteiger charge is -2.28. The van der Waals surface area contributed by atoms with Gasteiger partial charge in [-0.05, 0) is 6.07 Å². The lowest BCUT2D eigenvalue weighted by Crippen LogP contribution is -2.54. The van der Waals surface area contributed by atoms with Gasteiger partial charge in [0.25, 0.3) is 0 Å². The number of aliphatic hydroxyl groups excluding tert-OH is 3. The van der Waals surface area contributed by atoms with Gasteiger partial charge in [-0.3, -0.25) is 0 Å². The lowest BCUT2D eigenvalue weighted by molar-refractivity contribution is 0.0415. The maximum Gasteiger partial charge on any atom is 0.0884 e. The molecule has 1 aromatic carbocycles. The normalized spacial score (nSPS) is 12.2. The van der Waals surface area contributed by atoms with Crippen LogP contribution in [-0.4, -0.2) is 40.7 Å². The van der Waals surface area contributed by atoms with E-state index in [2.05, 4.69) is 5.32 Å². The second-order valence-electron chi connectivity index (χ2n) is 4.44. The Bertz CT molecular complexity index is 546. The first-order valence-electron chi connectivity index (χ1n) is 5.89. The predicted octanol–water partition coefficient (Wildman–Crippen LogP) is 1.36. The number of nitrogens with one attached hydrogen (secondary N) is 1. The van der Waals surface area contributed by atoms with Crippen LogP contribution in [0.5, 0.6) is 0 Å². The Hall–Kier alpha value is -0.690. The molecule has 0 aliphatic rings. The summed E-state index contributed by atoms with van der Waals surface area (Å²) in [7, 11) is 0. The first-order valence-corrected chi connectivity index (χ1v) is 7.09. The quantitative estimate of drug-likeness (QED) is 0.650. The van der Waals surface area contributed by atoms with E-state index >= 15 is 0 Å². The van der Waals surface area contributed by atoms with Crippen LogP contribution in [0.15, 0.2) is 24.3 Å². The van der Waals surface area contributed by atoms with E-state index in [1.807, 2.05) is 24.3 Å². The number of halogens is 1. The van der Waals surface area contributed by atoms with E-state index < -0.39 is 5.54 Å². The zero-order valence-electron chi connectivity index (χ0n) is 10.3. The third-order valence-corrected chi connectivity index (χ3v) is 4.85. The number of fused-ring (bicyclic) bond motifs is 1. The summed E-state index contributed by atoms with van der Waals surface area (Å²) in [5.41, 5.74) is -1.08. The summed E-state index contributed by atoms with van der Waals surface area (Å²) in [5, 5.41) is 32.4. The third kappa shape index (κ3) is 2.91. The monoisotopic (exact) mass is 301 g/mol. The molecule has 2 aromatic rings. The number of hydrogen-bond acceptors (Lipinski definition) is 5. The standard InChI is InChI=1S/C13H16ClNO3S/c14-12-9-3-1-2-4-10(9)19-11(12)5-15-13(6-16,7-17)8-18/h1-4,15-18H,5-8H2. The average molecular weight is 302 g/mol. The van der Waals surface area contributed by atoms with Gasteiger partial charge in [0.15, 0.2) is 0 Å². The molecule has 0 spiro atoms. The van der Waals surface area contributed by atoms with Crippen molar-refractivity contribution >= 4 is 33.0 Å². The van der Waals surface area contributed by atoms with E-state index in [9.17, 15) is 15.3 Å². The van der Waals surface area contributed by atoms with E-state index in [1.165, 1.54) is 0 Å². The molecule has 104 valence electrons. The summed E-state index contributed by atoms with van der Waals surface area (Å²) in [4.78, 5) is 0.919. The van der Waals surface area contributed by atoms with Crippen molar-refractivity contribution in [1.82, 2.24) is 5.32 Å². The van der Waals surface area contributed by atoms with Crippen molar-refractivity contribution in [2.45, 2.75) is 12.1 Å². The van der Waals surface area contributed by atoms with Crippen LogP contribution in [0.3, 0.4) is 0 Å². The van der Waals surface area contributed by atoms with Crippen LogP contribution in [0.1, 0.15) is 4.88 Å². The lowest BCUT2D eigenvalue weighted by atomic mass is 10.0. The SMILES string of the molecule is OCC(CO)(CO)NCc1sc2ccccc2c1Cl. The Morgan fingerprint density at radius 1 is 1.11 bits per heavy atom. The summed E-state index contributed by atoms with van der Waals surface area (Å²) in [6.07, 6.45) is 0. The molecule has 0 radical (unpaired) electrons. The van der Waals surface area contributed by atoms with Gasteiger partial charge in [0, 0.05) is 21.5 Å².